The molecule has 21 heavy (non-hydrogen) atoms. The van der Waals surface area contributed by atoms with Gasteiger partial charge in [0.15, 0.2) is 5.69 Å². The van der Waals surface area contributed by atoms with Gasteiger partial charge in [-0.1, -0.05) is 12.0 Å². The molecule has 1 saturated carbocycles. The molecule has 0 aliphatic heterocycles. The summed E-state index contributed by atoms with van der Waals surface area (Å²) in [6.07, 6.45) is 9.14. The molecular formula is C14H13Br2N3O2. The number of hydrogen-bond donors (Lipinski definition) is 0. The molecule has 0 aromatic carbocycles. The standard InChI is InChI=1S/C14H13Br2N3O2/c15-10-7-11(16)13-17-12(6-9-4-2-1-3-5-9)14(19(20)21)18(13)8-10/h6-8H,1-5H2. The normalized spacial score (nSPS) is 15.4. The number of rotatable bonds is 2. The lowest BCUT2D eigenvalue weighted by molar-refractivity contribution is -0.390. The van der Waals surface area contributed by atoms with E-state index in [0.717, 1.165) is 34.6 Å². The van der Waals surface area contributed by atoms with E-state index in [2.05, 4.69) is 36.8 Å². The van der Waals surface area contributed by atoms with Crippen molar-refractivity contribution in [2.45, 2.75) is 32.1 Å². The lowest BCUT2D eigenvalue weighted by Gasteiger charge is -2.12. The molecule has 7 heteroatoms. The molecular weight excluding hydrogens is 402 g/mol. The van der Waals surface area contributed by atoms with Gasteiger partial charge in [0, 0.05) is 0 Å². The van der Waals surface area contributed by atoms with Crippen LogP contribution in [0.5, 0.6) is 0 Å². The Bertz CT molecular complexity index is 744. The quantitative estimate of drug-likeness (QED) is 0.506. The third kappa shape index (κ3) is 2.89. The smallest absolute Gasteiger partial charge is 0.355 e. The fraction of sp³-hybridized carbons (Fsp3) is 0.357. The average Bonchev–Trinajstić information content (AvgIpc) is 2.78. The van der Waals surface area contributed by atoms with Crippen LogP contribution < -0.4 is 0 Å². The van der Waals surface area contributed by atoms with E-state index in [0.29, 0.717) is 11.3 Å². The van der Waals surface area contributed by atoms with Gasteiger partial charge in [-0.2, -0.15) is 9.38 Å². The maximum Gasteiger partial charge on any atom is 0.355 e. The van der Waals surface area contributed by atoms with Gasteiger partial charge in [-0.15, -0.1) is 0 Å². The SMILES string of the molecule is O=[N+]([O-])c1c(C=C2CCCCC2)nc2c(Br)cc(Br)cn12. The van der Waals surface area contributed by atoms with Crippen LogP contribution in [-0.4, -0.2) is 14.3 Å². The van der Waals surface area contributed by atoms with E-state index in [1.54, 1.807) is 6.20 Å². The van der Waals surface area contributed by atoms with Crippen molar-refractivity contribution < 1.29 is 4.92 Å². The van der Waals surface area contributed by atoms with Crippen LogP contribution in [0.2, 0.25) is 0 Å². The van der Waals surface area contributed by atoms with Gasteiger partial charge in [0.1, 0.15) is 6.20 Å². The number of hydrogen-bond acceptors (Lipinski definition) is 3. The lowest BCUT2D eigenvalue weighted by atomic mass is 9.94. The number of halogens is 2. The number of imidazole rings is 1. The lowest BCUT2D eigenvalue weighted by Crippen LogP contribution is -1.97. The van der Waals surface area contributed by atoms with Crippen LogP contribution in [-0.2, 0) is 0 Å². The number of fused-ring (bicyclic) bond motifs is 1. The summed E-state index contributed by atoms with van der Waals surface area (Å²) in [5, 5.41) is 11.4. The first-order valence-corrected chi connectivity index (χ1v) is 8.36. The molecule has 5 nitrogen and oxygen atoms in total. The summed E-state index contributed by atoms with van der Waals surface area (Å²) in [7, 11) is 0. The molecule has 0 atom stereocenters. The first-order chi connectivity index (χ1) is 10.1. The highest BCUT2D eigenvalue weighted by Gasteiger charge is 2.24. The Labute approximate surface area is 138 Å². The summed E-state index contributed by atoms with van der Waals surface area (Å²) in [6, 6.07) is 1.84. The minimum atomic E-state index is -0.367. The second-order valence-corrected chi connectivity index (χ2v) is 6.91. The van der Waals surface area contributed by atoms with E-state index < -0.39 is 0 Å². The molecule has 110 valence electrons. The first-order valence-electron chi connectivity index (χ1n) is 6.77. The fourth-order valence-electron chi connectivity index (χ4n) is 2.70. The molecule has 0 radical (unpaired) electrons. The predicted molar refractivity (Wildman–Crippen MR) is 88.3 cm³/mol. The molecule has 2 aromatic heterocycles. The molecule has 0 bridgehead atoms. The molecule has 1 fully saturated rings. The zero-order valence-electron chi connectivity index (χ0n) is 11.2. The van der Waals surface area contributed by atoms with Gasteiger partial charge in [0.05, 0.1) is 8.95 Å². The molecule has 0 amide bonds. The van der Waals surface area contributed by atoms with E-state index in [9.17, 15) is 10.1 Å². The Kier molecular flexibility index (Phi) is 4.12. The van der Waals surface area contributed by atoms with Crippen LogP contribution in [0.3, 0.4) is 0 Å². The van der Waals surface area contributed by atoms with Gasteiger partial charge in [0.25, 0.3) is 0 Å². The summed E-state index contributed by atoms with van der Waals surface area (Å²) in [5.74, 6) is 0.0186. The van der Waals surface area contributed by atoms with Crippen molar-refractivity contribution in [2.24, 2.45) is 0 Å². The highest BCUT2D eigenvalue weighted by Crippen LogP contribution is 2.32. The predicted octanol–water partition coefficient (Wildman–Crippen LogP) is 5.12. The van der Waals surface area contributed by atoms with E-state index >= 15 is 0 Å². The average molecular weight is 415 g/mol. The van der Waals surface area contributed by atoms with Gasteiger partial charge in [-0.25, -0.2) is 0 Å². The molecule has 0 N–H and O–H groups in total. The van der Waals surface area contributed by atoms with E-state index in [1.165, 1.54) is 16.4 Å². The van der Waals surface area contributed by atoms with Crippen molar-refractivity contribution in [3.8, 4) is 0 Å². The van der Waals surface area contributed by atoms with Gasteiger partial charge in [0.2, 0.25) is 5.65 Å². The molecule has 2 aromatic rings. The van der Waals surface area contributed by atoms with Crippen molar-refractivity contribution in [1.29, 1.82) is 0 Å². The highest BCUT2D eigenvalue weighted by atomic mass is 79.9. The van der Waals surface area contributed by atoms with Crippen LogP contribution in [0.15, 0.2) is 26.8 Å². The summed E-state index contributed by atoms with van der Waals surface area (Å²) in [5.41, 5.74) is 2.26. The number of nitro groups is 1. The fourth-order valence-corrected chi connectivity index (χ4v) is 3.97. The molecule has 1 aliphatic rings. The van der Waals surface area contributed by atoms with Gasteiger partial charge < -0.3 is 10.1 Å². The molecule has 2 heterocycles. The van der Waals surface area contributed by atoms with E-state index in [1.807, 2.05) is 12.1 Å². The summed E-state index contributed by atoms with van der Waals surface area (Å²) >= 11 is 6.77. The third-order valence-electron chi connectivity index (χ3n) is 3.65. The number of pyridine rings is 1. The van der Waals surface area contributed by atoms with Gasteiger partial charge in [-0.3, -0.25) is 0 Å². The van der Waals surface area contributed by atoms with Crippen LogP contribution >= 0.6 is 31.9 Å². The van der Waals surface area contributed by atoms with Crippen molar-refractivity contribution >= 4 is 49.4 Å². The second-order valence-electron chi connectivity index (χ2n) is 5.14. The summed E-state index contributed by atoms with van der Waals surface area (Å²) < 4.78 is 3.01. The minimum Gasteiger partial charge on any atom is -0.358 e. The van der Waals surface area contributed by atoms with Crippen molar-refractivity contribution in [2.75, 3.05) is 0 Å². The number of allylic oxidation sites excluding steroid dienone is 1. The van der Waals surface area contributed by atoms with Gasteiger partial charge >= 0.3 is 5.82 Å². The summed E-state index contributed by atoms with van der Waals surface area (Å²) in [6.45, 7) is 0. The van der Waals surface area contributed by atoms with Crippen molar-refractivity contribution in [3.63, 3.8) is 0 Å². The van der Waals surface area contributed by atoms with E-state index in [-0.39, 0.29) is 10.7 Å². The topological polar surface area (TPSA) is 60.4 Å². The van der Waals surface area contributed by atoms with Crippen molar-refractivity contribution in [1.82, 2.24) is 9.38 Å². The van der Waals surface area contributed by atoms with Crippen LogP contribution in [0, 0.1) is 10.1 Å². The highest BCUT2D eigenvalue weighted by molar-refractivity contribution is 9.11. The molecule has 3 rings (SSSR count). The monoisotopic (exact) mass is 413 g/mol. The van der Waals surface area contributed by atoms with Crippen molar-refractivity contribution in [3.05, 3.63) is 42.6 Å². The zero-order chi connectivity index (χ0) is 15.0. The molecule has 0 spiro atoms. The Morgan fingerprint density at radius 3 is 2.67 bits per heavy atom. The maximum absolute atomic E-state index is 11.4. The maximum atomic E-state index is 11.4. The minimum absolute atomic E-state index is 0.0186. The number of aromatic nitrogens is 2. The Morgan fingerprint density at radius 2 is 2.00 bits per heavy atom. The third-order valence-corrected chi connectivity index (χ3v) is 4.67. The van der Waals surface area contributed by atoms with Crippen LogP contribution in [0.4, 0.5) is 5.82 Å². The summed E-state index contributed by atoms with van der Waals surface area (Å²) in [4.78, 5) is 15.5. The van der Waals surface area contributed by atoms with Crippen LogP contribution in [0.1, 0.15) is 37.8 Å². The first kappa shape index (κ1) is 14.7. The van der Waals surface area contributed by atoms with E-state index in [4.69, 9.17) is 0 Å². The van der Waals surface area contributed by atoms with Gasteiger partial charge in [-0.05, 0) is 74.6 Å². The molecule has 1 aliphatic carbocycles. The largest absolute Gasteiger partial charge is 0.358 e. The second kappa shape index (κ2) is 5.88. The Hall–Kier alpha value is -1.21. The number of nitrogens with zero attached hydrogens (tertiary/aromatic N) is 3. The zero-order valence-corrected chi connectivity index (χ0v) is 14.4. The molecule has 0 saturated heterocycles. The molecule has 0 unspecified atom stereocenters. The Balaban J connectivity index is 2.20. The van der Waals surface area contributed by atoms with Crippen LogP contribution in [0.25, 0.3) is 11.7 Å². The Morgan fingerprint density at radius 1 is 1.29 bits per heavy atom.